The van der Waals surface area contributed by atoms with Gasteiger partial charge in [-0.2, -0.15) is 0 Å². The number of hydrogen-bond acceptors (Lipinski definition) is 2. The van der Waals surface area contributed by atoms with Crippen LogP contribution >= 0.6 is 0 Å². The minimum atomic E-state index is 0.864. The van der Waals surface area contributed by atoms with Gasteiger partial charge in [-0.25, -0.2) is 0 Å². The highest BCUT2D eigenvalue weighted by molar-refractivity contribution is 4.78. The molecule has 0 radical (unpaired) electrons. The second-order valence-electron chi connectivity index (χ2n) is 7.88. The van der Waals surface area contributed by atoms with Gasteiger partial charge >= 0.3 is 0 Å². The number of hydrogen-bond donors (Lipinski definition) is 0. The monoisotopic (exact) mass is 338 g/mol. The summed E-state index contributed by atoms with van der Waals surface area (Å²) in [5.74, 6) is 0. The molecule has 1 unspecified atom stereocenters. The van der Waals surface area contributed by atoms with E-state index in [9.17, 15) is 0 Å². The zero-order valence-electron chi connectivity index (χ0n) is 17.2. The highest BCUT2D eigenvalue weighted by Gasteiger charge is 2.22. The third kappa shape index (κ3) is 10.0. The molecule has 0 aromatic carbocycles. The summed E-state index contributed by atoms with van der Waals surface area (Å²) in [4.78, 5) is 5.39. The van der Waals surface area contributed by atoms with Gasteiger partial charge in [0.15, 0.2) is 0 Å². The number of piperazine rings is 1. The Labute approximate surface area is 153 Å². The van der Waals surface area contributed by atoms with Crippen LogP contribution < -0.4 is 0 Å². The van der Waals surface area contributed by atoms with Gasteiger partial charge in [-0.3, -0.25) is 4.90 Å². The topological polar surface area (TPSA) is 6.48 Å². The second kappa shape index (κ2) is 15.2. The van der Waals surface area contributed by atoms with Crippen molar-refractivity contribution >= 4 is 0 Å². The van der Waals surface area contributed by atoms with Crippen LogP contribution in [0.4, 0.5) is 0 Å². The molecule has 2 nitrogen and oxygen atoms in total. The third-order valence-corrected chi connectivity index (χ3v) is 5.88. The Balaban J connectivity index is 2.03. The second-order valence-corrected chi connectivity index (χ2v) is 7.88. The van der Waals surface area contributed by atoms with Crippen LogP contribution in [0.1, 0.15) is 104 Å². The lowest BCUT2D eigenvalue weighted by Crippen LogP contribution is -2.50. The fraction of sp³-hybridized carbons (Fsp3) is 1.00. The number of nitrogens with zero attached hydrogens (tertiary/aromatic N) is 2. The molecule has 1 saturated heterocycles. The Bertz CT molecular complexity index is 259. The van der Waals surface area contributed by atoms with Gasteiger partial charge < -0.3 is 4.90 Å². The van der Waals surface area contributed by atoms with Gasteiger partial charge in [0.1, 0.15) is 0 Å². The predicted molar refractivity (Wildman–Crippen MR) is 109 cm³/mol. The van der Waals surface area contributed by atoms with Crippen molar-refractivity contribution < 1.29 is 0 Å². The summed E-state index contributed by atoms with van der Waals surface area (Å²) in [6.07, 6.45) is 18.7. The summed E-state index contributed by atoms with van der Waals surface area (Å²) >= 11 is 0. The molecular weight excluding hydrogens is 292 g/mol. The van der Waals surface area contributed by atoms with E-state index in [0.29, 0.717) is 0 Å². The first-order chi connectivity index (χ1) is 11.8. The molecule has 144 valence electrons. The Morgan fingerprint density at radius 3 is 1.62 bits per heavy atom. The van der Waals surface area contributed by atoms with E-state index in [0.717, 1.165) is 6.04 Å². The van der Waals surface area contributed by atoms with E-state index < -0.39 is 0 Å². The Morgan fingerprint density at radius 2 is 1.12 bits per heavy atom. The van der Waals surface area contributed by atoms with Gasteiger partial charge in [-0.05, 0) is 19.4 Å². The van der Waals surface area contributed by atoms with Crippen LogP contribution in [0.5, 0.6) is 0 Å². The normalized spacial score (nSPS) is 18.1. The number of rotatable bonds is 15. The maximum absolute atomic E-state index is 2.80. The van der Waals surface area contributed by atoms with E-state index in [-0.39, 0.29) is 0 Å². The van der Waals surface area contributed by atoms with Gasteiger partial charge in [0.05, 0.1) is 0 Å². The van der Waals surface area contributed by atoms with E-state index in [1.54, 1.807) is 0 Å². The van der Waals surface area contributed by atoms with E-state index in [2.05, 4.69) is 30.6 Å². The summed E-state index contributed by atoms with van der Waals surface area (Å²) in [6.45, 7) is 13.4. The van der Waals surface area contributed by atoms with E-state index in [1.165, 1.54) is 116 Å². The molecule has 0 saturated carbocycles. The molecule has 24 heavy (non-hydrogen) atoms. The molecule has 0 spiro atoms. The fourth-order valence-electron chi connectivity index (χ4n) is 4.15. The standard InChI is InChI=1S/C22H46N2/c1-4-7-8-9-10-11-12-13-14-15-17-22(16-5-2)24-20-18-23(6-3)19-21-24/h22H,4-21H2,1-3H3. The Hall–Kier alpha value is -0.0800. The van der Waals surface area contributed by atoms with Gasteiger partial charge in [-0.1, -0.05) is 91.4 Å². The lowest BCUT2D eigenvalue weighted by atomic mass is 10.00. The molecule has 1 rings (SSSR count). The highest BCUT2D eigenvalue weighted by Crippen LogP contribution is 2.18. The lowest BCUT2D eigenvalue weighted by molar-refractivity contribution is 0.0895. The maximum Gasteiger partial charge on any atom is 0.0113 e. The summed E-state index contributed by atoms with van der Waals surface area (Å²) in [5, 5.41) is 0. The molecule has 1 heterocycles. The minimum absolute atomic E-state index is 0.864. The molecule has 0 aliphatic carbocycles. The van der Waals surface area contributed by atoms with Crippen LogP contribution in [0.3, 0.4) is 0 Å². The first-order valence-electron chi connectivity index (χ1n) is 11.3. The first kappa shape index (κ1) is 22.0. The van der Waals surface area contributed by atoms with Crippen LogP contribution in [-0.2, 0) is 0 Å². The average Bonchev–Trinajstić information content (AvgIpc) is 2.62. The van der Waals surface area contributed by atoms with E-state index in [4.69, 9.17) is 0 Å². The molecule has 0 aromatic heterocycles. The molecule has 1 fully saturated rings. The predicted octanol–water partition coefficient (Wildman–Crippen LogP) is 6.10. The van der Waals surface area contributed by atoms with Crippen LogP contribution in [0.15, 0.2) is 0 Å². The number of unbranched alkanes of at least 4 members (excludes halogenated alkanes) is 9. The Morgan fingerprint density at radius 1 is 0.583 bits per heavy atom. The molecule has 0 bridgehead atoms. The fourth-order valence-corrected chi connectivity index (χ4v) is 4.15. The van der Waals surface area contributed by atoms with Crippen molar-refractivity contribution in [1.82, 2.24) is 9.80 Å². The molecule has 2 heteroatoms. The van der Waals surface area contributed by atoms with Crippen molar-refractivity contribution in [2.24, 2.45) is 0 Å². The molecule has 1 aliphatic rings. The van der Waals surface area contributed by atoms with Gasteiger partial charge in [-0.15, -0.1) is 0 Å². The van der Waals surface area contributed by atoms with Crippen LogP contribution in [-0.4, -0.2) is 48.6 Å². The highest BCUT2D eigenvalue weighted by atomic mass is 15.3. The van der Waals surface area contributed by atoms with Crippen LogP contribution in [0.2, 0.25) is 0 Å². The smallest absolute Gasteiger partial charge is 0.0113 e. The lowest BCUT2D eigenvalue weighted by Gasteiger charge is -2.39. The van der Waals surface area contributed by atoms with Crippen molar-refractivity contribution in [1.29, 1.82) is 0 Å². The van der Waals surface area contributed by atoms with Gasteiger partial charge in [0, 0.05) is 32.2 Å². The van der Waals surface area contributed by atoms with Crippen molar-refractivity contribution in [3.05, 3.63) is 0 Å². The van der Waals surface area contributed by atoms with Gasteiger partial charge in [0.25, 0.3) is 0 Å². The van der Waals surface area contributed by atoms with Crippen LogP contribution in [0, 0.1) is 0 Å². The van der Waals surface area contributed by atoms with Crippen molar-refractivity contribution in [3.63, 3.8) is 0 Å². The summed E-state index contributed by atoms with van der Waals surface area (Å²) in [7, 11) is 0. The summed E-state index contributed by atoms with van der Waals surface area (Å²) in [6, 6.07) is 0.864. The average molecular weight is 339 g/mol. The van der Waals surface area contributed by atoms with Crippen molar-refractivity contribution in [2.45, 2.75) is 110 Å². The SMILES string of the molecule is CCCCCCCCCCCCC(CCC)N1CCN(CC)CC1. The first-order valence-corrected chi connectivity index (χ1v) is 11.3. The van der Waals surface area contributed by atoms with Crippen molar-refractivity contribution in [3.8, 4) is 0 Å². The zero-order chi connectivity index (χ0) is 17.5. The molecular formula is C22H46N2. The third-order valence-electron chi connectivity index (χ3n) is 5.88. The quantitative estimate of drug-likeness (QED) is 0.333. The summed E-state index contributed by atoms with van der Waals surface area (Å²) < 4.78 is 0. The molecule has 0 amide bonds. The van der Waals surface area contributed by atoms with Crippen LogP contribution in [0.25, 0.3) is 0 Å². The maximum atomic E-state index is 2.80. The van der Waals surface area contributed by atoms with E-state index >= 15 is 0 Å². The zero-order valence-corrected chi connectivity index (χ0v) is 17.2. The molecule has 1 aliphatic heterocycles. The molecule has 1 atom stereocenters. The summed E-state index contributed by atoms with van der Waals surface area (Å²) in [5.41, 5.74) is 0. The Kier molecular flexibility index (Phi) is 13.9. The minimum Gasteiger partial charge on any atom is -0.301 e. The van der Waals surface area contributed by atoms with Gasteiger partial charge in [0.2, 0.25) is 0 Å². The number of likely N-dealkylation sites (N-methyl/N-ethyl adjacent to an activating group) is 1. The van der Waals surface area contributed by atoms with Crippen molar-refractivity contribution in [2.75, 3.05) is 32.7 Å². The molecule has 0 aromatic rings. The largest absolute Gasteiger partial charge is 0.301 e. The molecule has 0 N–H and O–H groups in total. The van der Waals surface area contributed by atoms with E-state index in [1.807, 2.05) is 0 Å².